The van der Waals surface area contributed by atoms with Gasteiger partial charge in [-0.1, -0.05) is 6.07 Å². The molecule has 3 N–H and O–H groups in total. The van der Waals surface area contributed by atoms with E-state index in [1.54, 1.807) is 24.5 Å². The Balaban J connectivity index is 1.33. The van der Waals surface area contributed by atoms with Gasteiger partial charge < -0.3 is 25.0 Å². The molecule has 1 aromatic carbocycles. The molecule has 33 heavy (non-hydrogen) atoms. The minimum absolute atomic E-state index is 0.0490. The molecule has 1 aliphatic heterocycles. The summed E-state index contributed by atoms with van der Waals surface area (Å²) in [5, 5.41) is 23.2. The molecule has 2 atom stereocenters. The summed E-state index contributed by atoms with van der Waals surface area (Å²) in [4.78, 5) is 27.6. The molecule has 1 saturated carbocycles. The minimum Gasteiger partial charge on any atom is -0.496 e. The number of aromatic amines is 1. The van der Waals surface area contributed by atoms with Crippen LogP contribution in [-0.4, -0.2) is 52.8 Å². The molecule has 3 heterocycles. The van der Waals surface area contributed by atoms with E-state index in [1.165, 1.54) is 7.11 Å². The van der Waals surface area contributed by atoms with E-state index in [2.05, 4.69) is 31.2 Å². The first-order valence-electron chi connectivity index (χ1n) is 11.1. The van der Waals surface area contributed by atoms with Gasteiger partial charge >= 0.3 is 0 Å². The minimum atomic E-state index is -0.602. The largest absolute Gasteiger partial charge is 0.496 e. The molecule has 0 radical (unpaired) electrons. The van der Waals surface area contributed by atoms with E-state index in [1.807, 2.05) is 12.3 Å². The monoisotopic (exact) mass is 446 g/mol. The van der Waals surface area contributed by atoms with Crippen LogP contribution in [0.25, 0.3) is 11.0 Å². The number of nitrogens with one attached hydrogen (secondary N) is 2. The van der Waals surface area contributed by atoms with Gasteiger partial charge in [0, 0.05) is 30.8 Å². The van der Waals surface area contributed by atoms with Gasteiger partial charge in [-0.2, -0.15) is 5.26 Å². The molecule has 0 bridgehead atoms. The van der Waals surface area contributed by atoms with Gasteiger partial charge in [-0.15, -0.1) is 0 Å². The first-order valence-corrected chi connectivity index (χ1v) is 11.1. The molecule has 170 valence electrons. The van der Waals surface area contributed by atoms with Crippen LogP contribution in [0.15, 0.2) is 36.8 Å². The van der Waals surface area contributed by atoms with Crippen molar-refractivity contribution in [3.8, 4) is 11.8 Å². The molecule has 1 aliphatic carbocycles. The number of carbonyl (C=O) groups is 1. The Morgan fingerprint density at radius 1 is 1.42 bits per heavy atom. The number of hydrogen-bond donors (Lipinski definition) is 3. The number of hydrogen-bond acceptors (Lipinski definition) is 7. The Morgan fingerprint density at radius 3 is 3.00 bits per heavy atom. The number of aromatic nitrogens is 3. The summed E-state index contributed by atoms with van der Waals surface area (Å²) in [7, 11) is 1.51. The zero-order chi connectivity index (χ0) is 23.0. The maximum Gasteiger partial charge on any atom is 0.224 e. The molecule has 2 fully saturated rings. The van der Waals surface area contributed by atoms with Crippen LogP contribution in [0.5, 0.6) is 5.75 Å². The zero-order valence-corrected chi connectivity index (χ0v) is 18.4. The number of nitrogens with zero attached hydrogens (tertiary/aromatic N) is 4. The summed E-state index contributed by atoms with van der Waals surface area (Å²) in [6.07, 6.45) is 6.13. The van der Waals surface area contributed by atoms with Gasteiger partial charge in [0.15, 0.2) is 0 Å². The fraction of sp³-hybridized carbons (Fsp3) is 0.417. The van der Waals surface area contributed by atoms with E-state index in [-0.39, 0.29) is 23.8 Å². The van der Waals surface area contributed by atoms with Crippen LogP contribution in [0.2, 0.25) is 0 Å². The average molecular weight is 447 g/mol. The lowest BCUT2D eigenvalue weighted by atomic mass is 9.81. The number of anilines is 1. The quantitative estimate of drug-likeness (QED) is 0.530. The van der Waals surface area contributed by atoms with Crippen LogP contribution in [-0.2, 0) is 4.79 Å². The molecule has 1 unspecified atom stereocenters. The lowest BCUT2D eigenvalue weighted by molar-refractivity contribution is -0.129. The van der Waals surface area contributed by atoms with Gasteiger partial charge in [0.05, 0.1) is 36.8 Å². The van der Waals surface area contributed by atoms with Gasteiger partial charge in [-0.05, 0) is 42.9 Å². The van der Waals surface area contributed by atoms with Crippen LogP contribution in [0.3, 0.4) is 0 Å². The SMILES string of the molecule is COc1cc(C#N)ccc1[C@H](CO)NC(=O)C1CCN(c2ncnc3[nH]ccc23)CC12CC2. The van der Waals surface area contributed by atoms with Crippen molar-refractivity contribution in [2.45, 2.75) is 25.3 Å². The maximum atomic E-state index is 13.4. The summed E-state index contributed by atoms with van der Waals surface area (Å²) in [6.45, 7) is 1.24. The van der Waals surface area contributed by atoms with Crippen molar-refractivity contribution < 1.29 is 14.6 Å². The summed E-state index contributed by atoms with van der Waals surface area (Å²) in [6, 6.07) is 8.47. The van der Waals surface area contributed by atoms with Crippen molar-refractivity contribution in [1.29, 1.82) is 5.26 Å². The molecule has 2 aliphatic rings. The number of nitriles is 1. The number of aliphatic hydroxyl groups is 1. The Kier molecular flexibility index (Phi) is 5.38. The van der Waals surface area contributed by atoms with Crippen molar-refractivity contribution in [2.24, 2.45) is 11.3 Å². The standard InChI is InChI=1S/C24H26N6O3/c1-33-20-10-15(11-25)2-3-16(20)19(12-31)29-23(32)18-5-9-30(13-24(18)6-7-24)22-17-4-8-26-21(17)27-14-28-22/h2-4,8,10,14,18-19,31H,5-7,9,12-13H2,1H3,(H,29,32)(H,26,27,28)/t18?,19-/m0/s1. The van der Waals surface area contributed by atoms with Crippen LogP contribution >= 0.6 is 0 Å². The fourth-order valence-corrected chi connectivity index (χ4v) is 5.09. The first-order chi connectivity index (χ1) is 16.1. The lowest BCUT2D eigenvalue weighted by Crippen LogP contribution is -2.49. The molecule has 9 heteroatoms. The van der Waals surface area contributed by atoms with Gasteiger partial charge in [-0.3, -0.25) is 4.79 Å². The number of carbonyl (C=O) groups excluding carboxylic acids is 1. The predicted octanol–water partition coefficient (Wildman–Crippen LogP) is 2.29. The van der Waals surface area contributed by atoms with Crippen LogP contribution in [0.1, 0.15) is 36.4 Å². The highest BCUT2D eigenvalue weighted by Crippen LogP contribution is 2.56. The number of amides is 1. The number of methoxy groups -OCH3 is 1. The molecule has 1 amide bonds. The second kappa shape index (κ2) is 8.37. The number of fused-ring (bicyclic) bond motifs is 1. The van der Waals surface area contributed by atoms with Gasteiger partial charge in [-0.25, -0.2) is 9.97 Å². The second-order valence-corrected chi connectivity index (χ2v) is 8.87. The summed E-state index contributed by atoms with van der Waals surface area (Å²) in [5.74, 6) is 1.20. The fourth-order valence-electron chi connectivity index (χ4n) is 5.09. The van der Waals surface area contributed by atoms with Crippen molar-refractivity contribution >= 4 is 22.8 Å². The van der Waals surface area contributed by atoms with E-state index >= 15 is 0 Å². The first kappa shape index (κ1) is 21.2. The third-order valence-corrected chi connectivity index (χ3v) is 7.01. The molecular formula is C24H26N6O3. The number of aliphatic hydroxyl groups excluding tert-OH is 1. The normalized spacial score (nSPS) is 19.8. The number of rotatable bonds is 6. The summed E-state index contributed by atoms with van der Waals surface area (Å²) in [5.41, 5.74) is 1.85. The Bertz CT molecular complexity index is 1230. The van der Waals surface area contributed by atoms with Crippen LogP contribution in [0, 0.1) is 22.7 Å². The summed E-state index contributed by atoms with van der Waals surface area (Å²) >= 11 is 0. The van der Waals surface area contributed by atoms with E-state index in [0.29, 0.717) is 23.3 Å². The number of H-pyrrole nitrogens is 1. The van der Waals surface area contributed by atoms with Gasteiger partial charge in [0.25, 0.3) is 0 Å². The number of ether oxygens (including phenoxy) is 1. The lowest BCUT2D eigenvalue weighted by Gasteiger charge is -2.39. The molecule has 3 aromatic rings. The van der Waals surface area contributed by atoms with E-state index < -0.39 is 6.04 Å². The van der Waals surface area contributed by atoms with Crippen molar-refractivity contribution in [1.82, 2.24) is 20.3 Å². The predicted molar refractivity (Wildman–Crippen MR) is 122 cm³/mol. The zero-order valence-electron chi connectivity index (χ0n) is 18.4. The van der Waals surface area contributed by atoms with Gasteiger partial charge in [0.1, 0.15) is 23.5 Å². The molecular weight excluding hydrogens is 420 g/mol. The van der Waals surface area contributed by atoms with Crippen molar-refractivity contribution in [2.75, 3.05) is 31.7 Å². The van der Waals surface area contributed by atoms with Crippen LogP contribution in [0.4, 0.5) is 5.82 Å². The topological polar surface area (TPSA) is 127 Å². The van der Waals surface area contributed by atoms with Crippen molar-refractivity contribution in [3.05, 3.63) is 47.9 Å². The van der Waals surface area contributed by atoms with Gasteiger partial charge in [0.2, 0.25) is 5.91 Å². The van der Waals surface area contributed by atoms with E-state index in [0.717, 1.165) is 42.8 Å². The van der Waals surface area contributed by atoms with E-state index in [9.17, 15) is 9.90 Å². The molecule has 5 rings (SSSR count). The second-order valence-electron chi connectivity index (χ2n) is 8.87. The molecule has 2 aromatic heterocycles. The average Bonchev–Trinajstić information content (AvgIpc) is 3.42. The Hall–Kier alpha value is -3.64. The van der Waals surface area contributed by atoms with Crippen molar-refractivity contribution in [3.63, 3.8) is 0 Å². The highest BCUT2D eigenvalue weighted by molar-refractivity contribution is 5.88. The highest BCUT2D eigenvalue weighted by atomic mass is 16.5. The molecule has 1 spiro atoms. The summed E-state index contributed by atoms with van der Waals surface area (Å²) < 4.78 is 5.41. The third-order valence-electron chi connectivity index (χ3n) is 7.01. The molecule has 9 nitrogen and oxygen atoms in total. The Morgan fingerprint density at radius 2 is 2.27 bits per heavy atom. The van der Waals surface area contributed by atoms with E-state index in [4.69, 9.17) is 10.00 Å². The molecule has 1 saturated heterocycles. The third kappa shape index (κ3) is 3.76. The maximum absolute atomic E-state index is 13.4. The highest BCUT2D eigenvalue weighted by Gasteiger charge is 2.55. The smallest absolute Gasteiger partial charge is 0.224 e. The number of piperidine rings is 1. The van der Waals surface area contributed by atoms with Crippen LogP contribution < -0.4 is 15.0 Å². The Labute approximate surface area is 191 Å². The number of benzene rings is 1.